The lowest BCUT2D eigenvalue weighted by atomic mass is 9.78. The van der Waals surface area contributed by atoms with Crippen LogP contribution in [-0.2, 0) is 27.2 Å². The first kappa shape index (κ1) is 20.4. The number of esters is 1. The fourth-order valence-electron chi connectivity index (χ4n) is 5.47. The van der Waals surface area contributed by atoms with E-state index in [1.807, 2.05) is 6.92 Å². The zero-order valence-corrected chi connectivity index (χ0v) is 17.7. The molecule has 2 saturated carbocycles. The molecule has 0 aliphatic heterocycles. The van der Waals surface area contributed by atoms with E-state index in [0.717, 1.165) is 68.2 Å². The highest BCUT2D eigenvalue weighted by atomic mass is 32.1. The van der Waals surface area contributed by atoms with E-state index < -0.39 is 17.8 Å². The van der Waals surface area contributed by atoms with Crippen molar-refractivity contribution in [3.63, 3.8) is 0 Å². The highest BCUT2D eigenvalue weighted by Crippen LogP contribution is 2.53. The number of aryl methyl sites for hydroxylation is 1. The minimum Gasteiger partial charge on any atom is -0.481 e. The van der Waals surface area contributed by atoms with Crippen LogP contribution >= 0.6 is 11.3 Å². The van der Waals surface area contributed by atoms with Crippen molar-refractivity contribution in [1.82, 2.24) is 0 Å². The number of hydrogen-bond acceptors (Lipinski definition) is 5. The number of ether oxygens (including phenoxy) is 1. The molecule has 3 aliphatic rings. The Balaban J connectivity index is 1.58. The molecule has 3 aliphatic carbocycles. The van der Waals surface area contributed by atoms with Gasteiger partial charge in [0.2, 0.25) is 5.91 Å². The molecular weight excluding hydrogens is 390 g/mol. The van der Waals surface area contributed by atoms with Gasteiger partial charge >= 0.3 is 11.9 Å². The quantitative estimate of drug-likeness (QED) is 0.509. The van der Waals surface area contributed by atoms with Gasteiger partial charge in [-0.15, -0.1) is 11.3 Å². The van der Waals surface area contributed by atoms with Crippen molar-refractivity contribution in [2.24, 2.45) is 23.7 Å². The van der Waals surface area contributed by atoms with E-state index in [1.54, 1.807) is 0 Å². The average molecular weight is 420 g/mol. The maximum absolute atomic E-state index is 13.1. The Morgan fingerprint density at radius 3 is 2.59 bits per heavy atom. The monoisotopic (exact) mass is 419 g/mol. The van der Waals surface area contributed by atoms with E-state index in [1.165, 1.54) is 11.3 Å². The Morgan fingerprint density at radius 1 is 1.14 bits per heavy atom. The van der Waals surface area contributed by atoms with Crippen LogP contribution in [0.3, 0.4) is 0 Å². The molecule has 7 heteroatoms. The summed E-state index contributed by atoms with van der Waals surface area (Å²) in [4.78, 5) is 38.9. The molecule has 1 aromatic heterocycles. The number of nitrogens with one attached hydrogen (secondary N) is 1. The molecule has 1 aromatic rings. The molecule has 158 valence electrons. The molecule has 0 unspecified atom stereocenters. The van der Waals surface area contributed by atoms with Gasteiger partial charge in [0.15, 0.2) is 0 Å². The van der Waals surface area contributed by atoms with E-state index in [9.17, 15) is 19.5 Å². The smallest absolute Gasteiger partial charge is 0.341 e. The number of rotatable bonds is 7. The fourth-order valence-corrected chi connectivity index (χ4v) is 6.75. The number of carbonyl (C=O) groups excluding carboxylic acids is 2. The second-order valence-corrected chi connectivity index (χ2v) is 9.72. The van der Waals surface area contributed by atoms with Gasteiger partial charge in [0.25, 0.3) is 0 Å². The van der Waals surface area contributed by atoms with Gasteiger partial charge in [0, 0.05) is 4.88 Å². The Morgan fingerprint density at radius 2 is 1.86 bits per heavy atom. The van der Waals surface area contributed by atoms with Crippen LogP contribution in [0.15, 0.2) is 0 Å². The second-order valence-electron chi connectivity index (χ2n) is 8.62. The lowest BCUT2D eigenvalue weighted by molar-refractivity contribution is -0.148. The molecule has 29 heavy (non-hydrogen) atoms. The van der Waals surface area contributed by atoms with Gasteiger partial charge in [-0.2, -0.15) is 0 Å². The molecule has 6 nitrogen and oxygen atoms in total. The topological polar surface area (TPSA) is 92.7 Å². The third-order valence-electron chi connectivity index (χ3n) is 6.85. The van der Waals surface area contributed by atoms with Crippen LogP contribution in [0.25, 0.3) is 0 Å². The van der Waals surface area contributed by atoms with E-state index in [-0.39, 0.29) is 23.7 Å². The Labute approximate surface area is 175 Å². The fraction of sp³-hybridized carbons (Fsp3) is 0.682. The van der Waals surface area contributed by atoms with Crippen molar-refractivity contribution in [3.05, 3.63) is 16.0 Å². The van der Waals surface area contributed by atoms with Gasteiger partial charge in [-0.25, -0.2) is 4.79 Å². The minimum absolute atomic E-state index is 0.100. The largest absolute Gasteiger partial charge is 0.481 e. The van der Waals surface area contributed by atoms with Crippen LogP contribution in [-0.4, -0.2) is 29.6 Å². The van der Waals surface area contributed by atoms with Crippen LogP contribution in [0.1, 0.15) is 72.7 Å². The molecule has 0 aromatic carbocycles. The summed E-state index contributed by atoms with van der Waals surface area (Å²) in [6, 6.07) is 0. The van der Waals surface area contributed by atoms with E-state index in [2.05, 4.69) is 5.32 Å². The number of carboxylic acids is 1. The summed E-state index contributed by atoms with van der Waals surface area (Å²) in [7, 11) is 0. The molecule has 0 radical (unpaired) electrons. The third-order valence-corrected chi connectivity index (χ3v) is 8.05. The maximum Gasteiger partial charge on any atom is 0.341 e. The van der Waals surface area contributed by atoms with Crippen LogP contribution < -0.4 is 5.32 Å². The van der Waals surface area contributed by atoms with Gasteiger partial charge in [0.05, 0.1) is 24.0 Å². The number of aliphatic carboxylic acids is 1. The van der Waals surface area contributed by atoms with Crippen LogP contribution in [0.4, 0.5) is 5.00 Å². The minimum atomic E-state index is -0.873. The summed E-state index contributed by atoms with van der Waals surface area (Å²) in [5.41, 5.74) is 1.52. The van der Waals surface area contributed by atoms with Crippen LogP contribution in [0.2, 0.25) is 0 Å². The first-order valence-electron chi connectivity index (χ1n) is 10.9. The number of fused-ring (bicyclic) bond motifs is 3. The van der Waals surface area contributed by atoms with Gasteiger partial charge in [-0.05, 0) is 68.8 Å². The lowest BCUT2D eigenvalue weighted by Crippen LogP contribution is -2.38. The highest BCUT2D eigenvalue weighted by molar-refractivity contribution is 7.17. The zero-order chi connectivity index (χ0) is 20.5. The third kappa shape index (κ3) is 3.81. The number of amides is 1. The van der Waals surface area contributed by atoms with E-state index >= 15 is 0 Å². The maximum atomic E-state index is 13.1. The normalized spacial score (nSPS) is 27.5. The summed E-state index contributed by atoms with van der Waals surface area (Å²) < 4.78 is 5.47. The standard InChI is InChI=1S/C22H29NO5S/c1-2-3-10-28-22(27)18-14-6-4-5-7-15(14)29-20(18)23-19(24)16-12-8-9-13(11-12)17(16)21(25)26/h12-13,16-17H,2-11H2,1H3,(H,23,24)(H,25,26)/t12-,13-,16+,17-/m0/s1. The van der Waals surface area contributed by atoms with Crippen molar-refractivity contribution < 1.29 is 24.2 Å². The Kier molecular flexibility index (Phi) is 5.95. The molecule has 4 atom stereocenters. The lowest BCUT2D eigenvalue weighted by Gasteiger charge is -2.27. The highest BCUT2D eigenvalue weighted by Gasteiger charge is 2.54. The summed E-state index contributed by atoms with van der Waals surface area (Å²) in [6.45, 7) is 2.42. The van der Waals surface area contributed by atoms with Crippen LogP contribution in [0.5, 0.6) is 0 Å². The van der Waals surface area contributed by atoms with E-state index in [0.29, 0.717) is 17.2 Å². The molecular formula is C22H29NO5S. The van der Waals surface area contributed by atoms with Gasteiger partial charge in [-0.1, -0.05) is 13.3 Å². The van der Waals surface area contributed by atoms with Crippen molar-refractivity contribution in [2.75, 3.05) is 11.9 Å². The number of thiophene rings is 1. The summed E-state index contributed by atoms with van der Waals surface area (Å²) >= 11 is 1.47. The van der Waals surface area contributed by atoms with Crippen molar-refractivity contribution >= 4 is 34.2 Å². The Bertz CT molecular complexity index is 816. The number of unbranched alkanes of at least 4 members (excludes halogenated alkanes) is 1. The molecule has 1 amide bonds. The summed E-state index contributed by atoms with van der Waals surface area (Å²) in [5, 5.41) is 13.2. The van der Waals surface area contributed by atoms with Gasteiger partial charge < -0.3 is 15.2 Å². The SMILES string of the molecule is CCCCOC(=O)c1c(NC(=O)[C@@H]2[C@H]3CC[C@@H](C3)[C@@H]2C(=O)O)sc2c1CCCC2. The number of hydrogen-bond donors (Lipinski definition) is 2. The predicted octanol–water partition coefficient (Wildman–Crippen LogP) is 4.27. The molecule has 4 rings (SSSR count). The molecule has 2 N–H and O–H groups in total. The molecule has 2 bridgehead atoms. The van der Waals surface area contributed by atoms with Gasteiger partial charge in [0.1, 0.15) is 5.00 Å². The Hall–Kier alpha value is -1.89. The average Bonchev–Trinajstić information content (AvgIpc) is 3.40. The molecule has 0 saturated heterocycles. The van der Waals surface area contributed by atoms with Crippen LogP contribution in [0, 0.1) is 23.7 Å². The predicted molar refractivity (Wildman–Crippen MR) is 110 cm³/mol. The molecule has 1 heterocycles. The van der Waals surface area contributed by atoms with Crippen molar-refractivity contribution in [2.45, 2.75) is 64.7 Å². The number of anilines is 1. The zero-order valence-electron chi connectivity index (χ0n) is 16.9. The first-order chi connectivity index (χ1) is 14.0. The number of carboxylic acid groups (broad SMARTS) is 1. The summed E-state index contributed by atoms with van der Waals surface area (Å²) in [6.07, 6.45) is 8.24. The molecule has 0 spiro atoms. The van der Waals surface area contributed by atoms with Crippen molar-refractivity contribution in [3.8, 4) is 0 Å². The van der Waals surface area contributed by atoms with Gasteiger partial charge in [-0.3, -0.25) is 9.59 Å². The second kappa shape index (κ2) is 8.46. The van der Waals surface area contributed by atoms with E-state index in [4.69, 9.17) is 4.74 Å². The summed E-state index contributed by atoms with van der Waals surface area (Å²) in [5.74, 6) is -2.36. The van der Waals surface area contributed by atoms with Crippen molar-refractivity contribution in [1.29, 1.82) is 0 Å². The number of carbonyl (C=O) groups is 3. The molecule has 2 fully saturated rings. The first-order valence-corrected chi connectivity index (χ1v) is 11.7.